The van der Waals surface area contributed by atoms with Gasteiger partial charge in [0.05, 0.1) is 0 Å². The zero-order chi connectivity index (χ0) is 28.4. The second-order valence-electron chi connectivity index (χ2n) is 9.70. The van der Waals surface area contributed by atoms with E-state index in [1.54, 1.807) is 0 Å². The van der Waals surface area contributed by atoms with Crippen molar-refractivity contribution >= 4 is 47.7 Å². The number of benzene rings is 6. The van der Waals surface area contributed by atoms with Crippen molar-refractivity contribution < 1.29 is 9.47 Å². The van der Waals surface area contributed by atoms with Crippen LogP contribution in [0.1, 0.15) is 0 Å². The summed E-state index contributed by atoms with van der Waals surface area (Å²) in [6.07, 6.45) is 0. The Morgan fingerprint density at radius 2 is 0.524 bits per heavy atom. The van der Waals surface area contributed by atoms with Gasteiger partial charge in [-0.1, -0.05) is 146 Å². The smallest absolute Gasteiger partial charge is 0.122 e. The highest BCUT2D eigenvalue weighted by molar-refractivity contribution is 7.80. The van der Waals surface area contributed by atoms with Crippen molar-refractivity contribution in [3.8, 4) is 11.5 Å². The quantitative estimate of drug-likeness (QED) is 0.126. The molecule has 0 amide bonds. The van der Waals surface area contributed by atoms with E-state index in [1.165, 1.54) is 31.8 Å². The van der Waals surface area contributed by atoms with Crippen molar-refractivity contribution in [3.05, 3.63) is 170 Å². The summed E-state index contributed by atoms with van der Waals surface area (Å²) in [5, 5.41) is 7.96. The molecule has 0 unspecified atom stereocenters. The molecule has 0 N–H and O–H groups in total. The van der Waals surface area contributed by atoms with Gasteiger partial charge in [0, 0.05) is 0 Å². The minimum Gasteiger partial charge on any atom is -0.490 e. The third-order valence-electron chi connectivity index (χ3n) is 6.87. The van der Waals surface area contributed by atoms with Gasteiger partial charge in [-0.15, -0.1) is 0 Å². The third kappa shape index (κ3) is 6.97. The van der Waals surface area contributed by atoms with Gasteiger partial charge < -0.3 is 9.47 Å². The molecular weight excluding hydrogens is 550 g/mol. The molecule has 0 saturated carbocycles. The fourth-order valence-corrected chi connectivity index (χ4v) is 9.47. The maximum absolute atomic E-state index is 6.04. The summed E-state index contributed by atoms with van der Waals surface area (Å²) in [4.78, 5) is 0. The highest BCUT2D eigenvalue weighted by Crippen LogP contribution is 2.34. The lowest BCUT2D eigenvalue weighted by Crippen LogP contribution is -2.20. The van der Waals surface area contributed by atoms with Crippen LogP contribution in [0.4, 0.5) is 0 Å². The molecule has 0 aliphatic rings. The van der Waals surface area contributed by atoms with Crippen LogP contribution in [0.25, 0.3) is 0 Å². The summed E-state index contributed by atoms with van der Waals surface area (Å²) in [5.74, 6) is 1.70. The van der Waals surface area contributed by atoms with Crippen LogP contribution in [0.5, 0.6) is 11.5 Å². The van der Waals surface area contributed by atoms with Crippen molar-refractivity contribution in [2.75, 3.05) is 13.2 Å². The summed E-state index contributed by atoms with van der Waals surface area (Å²) in [7, 11) is -1.24. The Hall–Kier alpha value is -4.22. The largest absolute Gasteiger partial charge is 0.490 e. The molecule has 6 aromatic carbocycles. The second-order valence-corrected chi connectivity index (χ2v) is 14.1. The minimum atomic E-state index is -0.621. The molecule has 0 saturated heterocycles. The second kappa shape index (κ2) is 14.1. The summed E-state index contributed by atoms with van der Waals surface area (Å²) < 4.78 is 12.1. The molecule has 0 aromatic heterocycles. The van der Waals surface area contributed by atoms with Gasteiger partial charge in [-0.25, -0.2) is 0 Å². The van der Waals surface area contributed by atoms with Crippen LogP contribution < -0.4 is 41.3 Å². The van der Waals surface area contributed by atoms with Gasteiger partial charge in [0.1, 0.15) is 24.7 Å². The van der Waals surface area contributed by atoms with Crippen LogP contribution in [0.15, 0.2) is 170 Å². The van der Waals surface area contributed by atoms with Crippen LogP contribution in [-0.2, 0) is 0 Å². The summed E-state index contributed by atoms with van der Waals surface area (Å²) in [6, 6.07) is 60.0. The molecule has 2 nitrogen and oxygen atoms in total. The van der Waals surface area contributed by atoms with Crippen LogP contribution in [0, 0.1) is 0 Å². The highest BCUT2D eigenvalue weighted by atomic mass is 31.1. The van der Waals surface area contributed by atoms with Crippen molar-refractivity contribution in [2.24, 2.45) is 0 Å². The zero-order valence-electron chi connectivity index (χ0n) is 23.3. The molecule has 0 heterocycles. The molecule has 0 aliphatic carbocycles. The van der Waals surface area contributed by atoms with E-state index in [9.17, 15) is 0 Å². The number of hydrogen-bond acceptors (Lipinski definition) is 2. The van der Waals surface area contributed by atoms with Gasteiger partial charge in [-0.3, -0.25) is 0 Å². The molecule has 0 atom stereocenters. The van der Waals surface area contributed by atoms with Gasteiger partial charge in [0.25, 0.3) is 0 Å². The molecule has 4 heteroatoms. The standard InChI is InChI=1S/C38H32O2P2/c1-5-13-33(14-6-1)41(34-15-7-2-8-16-34)37-25-21-31(22-26-37)39-29-30-40-32-23-27-38(28-24-32)42(35-17-9-3-10-18-35)36-19-11-4-12-20-36/h1-28H,29-30H2. The first-order valence-corrected chi connectivity index (χ1v) is 16.8. The van der Waals surface area contributed by atoms with E-state index in [4.69, 9.17) is 9.47 Å². The topological polar surface area (TPSA) is 18.5 Å². The predicted octanol–water partition coefficient (Wildman–Crippen LogP) is 6.66. The van der Waals surface area contributed by atoms with E-state index >= 15 is 0 Å². The van der Waals surface area contributed by atoms with E-state index < -0.39 is 15.8 Å². The van der Waals surface area contributed by atoms with E-state index in [-0.39, 0.29) is 0 Å². The fourth-order valence-electron chi connectivity index (χ4n) is 4.90. The lowest BCUT2D eigenvalue weighted by molar-refractivity contribution is 0.217. The van der Waals surface area contributed by atoms with Crippen molar-refractivity contribution in [1.29, 1.82) is 0 Å². The van der Waals surface area contributed by atoms with Gasteiger partial charge in [-0.2, -0.15) is 0 Å². The predicted molar refractivity (Wildman–Crippen MR) is 181 cm³/mol. The minimum absolute atomic E-state index is 0.480. The van der Waals surface area contributed by atoms with Crippen LogP contribution in [0.3, 0.4) is 0 Å². The Labute approximate surface area is 251 Å². The lowest BCUT2D eigenvalue weighted by Gasteiger charge is -2.20. The lowest BCUT2D eigenvalue weighted by atomic mass is 10.3. The Morgan fingerprint density at radius 1 is 0.286 bits per heavy atom. The Balaban J connectivity index is 1.07. The van der Waals surface area contributed by atoms with Gasteiger partial charge in [0.2, 0.25) is 0 Å². The van der Waals surface area contributed by atoms with E-state index in [0.717, 1.165) is 11.5 Å². The summed E-state index contributed by atoms with van der Waals surface area (Å²) >= 11 is 0. The molecule has 0 fully saturated rings. The molecule has 0 aliphatic heterocycles. The average Bonchev–Trinajstić information content (AvgIpc) is 3.07. The molecule has 0 spiro atoms. The van der Waals surface area contributed by atoms with Gasteiger partial charge in [-0.05, 0) is 71.9 Å². The number of rotatable bonds is 11. The maximum Gasteiger partial charge on any atom is 0.122 e. The fraction of sp³-hybridized carbons (Fsp3) is 0.0526. The van der Waals surface area contributed by atoms with Gasteiger partial charge in [0.15, 0.2) is 0 Å². The van der Waals surface area contributed by atoms with Crippen molar-refractivity contribution in [1.82, 2.24) is 0 Å². The molecule has 6 aromatic rings. The Bertz CT molecular complexity index is 1430. The summed E-state index contributed by atoms with van der Waals surface area (Å²) in [6.45, 7) is 0.960. The van der Waals surface area contributed by atoms with Crippen molar-refractivity contribution in [2.45, 2.75) is 0 Å². The van der Waals surface area contributed by atoms with Crippen molar-refractivity contribution in [3.63, 3.8) is 0 Å². The van der Waals surface area contributed by atoms with Crippen LogP contribution in [0.2, 0.25) is 0 Å². The maximum atomic E-state index is 6.04. The molecule has 0 radical (unpaired) electrons. The van der Waals surface area contributed by atoms with E-state index in [2.05, 4.69) is 170 Å². The average molecular weight is 583 g/mol. The molecular formula is C38H32O2P2. The molecule has 6 rings (SSSR count). The zero-order valence-corrected chi connectivity index (χ0v) is 25.1. The summed E-state index contributed by atoms with van der Waals surface area (Å²) in [5.41, 5.74) is 0. The number of ether oxygens (including phenoxy) is 2. The third-order valence-corrected chi connectivity index (χ3v) is 11.8. The SMILES string of the molecule is c1ccc(P(c2ccccc2)c2ccc(OCCOc3ccc(P(c4ccccc4)c4ccccc4)cc3)cc2)cc1. The Kier molecular flexibility index (Phi) is 9.38. The van der Waals surface area contributed by atoms with E-state index in [1.807, 2.05) is 0 Å². The van der Waals surface area contributed by atoms with Gasteiger partial charge >= 0.3 is 0 Å². The van der Waals surface area contributed by atoms with E-state index in [0.29, 0.717) is 13.2 Å². The van der Waals surface area contributed by atoms with Crippen LogP contribution in [-0.4, -0.2) is 13.2 Å². The number of hydrogen-bond donors (Lipinski definition) is 0. The molecule has 0 bridgehead atoms. The molecule has 42 heavy (non-hydrogen) atoms. The first kappa shape index (κ1) is 27.9. The van der Waals surface area contributed by atoms with Crippen LogP contribution >= 0.6 is 15.8 Å². The monoisotopic (exact) mass is 582 g/mol. The Morgan fingerprint density at radius 3 is 0.786 bits per heavy atom. The first-order valence-electron chi connectivity index (χ1n) is 14.1. The normalized spacial score (nSPS) is 11.0. The first-order chi connectivity index (χ1) is 20.8. The highest BCUT2D eigenvalue weighted by Gasteiger charge is 2.17. The molecule has 206 valence electrons.